The van der Waals surface area contributed by atoms with Crippen molar-refractivity contribution in [2.45, 2.75) is 158 Å². The quantitative estimate of drug-likeness (QED) is 0.122. The van der Waals surface area contributed by atoms with Crippen LogP contribution in [0.2, 0.25) is 0 Å². The molecule has 0 spiro atoms. The number of aromatic nitrogens is 12. The molecule has 12 aromatic rings. The first-order valence-electron chi connectivity index (χ1n) is 33.4. The largest absolute Gasteiger partial charge is 0.348 e. The summed E-state index contributed by atoms with van der Waals surface area (Å²) in [6, 6.07) is 25.5. The number of pyridine rings is 4. The normalized spacial score (nSPS) is 23.1. The SMILES string of the molecule is CN(c1nc2cnc(-c3cc(C#N)c4nn(C)cc4c3)cc2s1)C1CC2CCCC(C1)N2.CN(c1nc2cnc(-c3cc(F)c4nn(C)cc4c3)cc2s1)C1CC2CCCC(C1)N2.Cc1cn2cc(-c3cc4sc(N(C)C5CC6CCCC(C5)N6)nc4cn3)cc(C#N)c2n1. The number of thiazole rings is 3. The third kappa shape index (κ3) is 12.2. The van der Waals surface area contributed by atoms with Crippen LogP contribution in [0, 0.1) is 35.4 Å². The molecule has 0 amide bonds. The van der Waals surface area contributed by atoms with E-state index in [0.717, 1.165) is 102 Å². The van der Waals surface area contributed by atoms with Gasteiger partial charge in [-0.3, -0.25) is 24.3 Å². The summed E-state index contributed by atoms with van der Waals surface area (Å²) < 4.78 is 23.1. The molecule has 3 N–H and O–H groups in total. The number of rotatable bonds is 9. The second kappa shape index (κ2) is 25.2. The molecule has 6 bridgehead atoms. The van der Waals surface area contributed by atoms with Crippen LogP contribution in [0.5, 0.6) is 0 Å². The predicted octanol–water partition coefficient (Wildman–Crippen LogP) is 13.0. The molecule has 10 aromatic heterocycles. The van der Waals surface area contributed by atoms with Crippen molar-refractivity contribution in [1.29, 1.82) is 10.5 Å². The zero-order chi connectivity index (χ0) is 64.8. The van der Waals surface area contributed by atoms with E-state index in [9.17, 15) is 14.9 Å². The van der Waals surface area contributed by atoms with E-state index in [1.54, 1.807) is 56.6 Å². The van der Waals surface area contributed by atoms with Crippen LogP contribution in [-0.2, 0) is 14.1 Å². The van der Waals surface area contributed by atoms with Gasteiger partial charge in [-0.05, 0) is 133 Å². The van der Waals surface area contributed by atoms with Crippen molar-refractivity contribution < 1.29 is 4.39 Å². The number of nitriles is 2. The van der Waals surface area contributed by atoms with Gasteiger partial charge in [-0.25, -0.2) is 24.3 Å². The van der Waals surface area contributed by atoms with E-state index < -0.39 is 0 Å². The Balaban J connectivity index is 0.000000112. The van der Waals surface area contributed by atoms with Crippen molar-refractivity contribution in [3.8, 4) is 45.9 Å². The highest BCUT2D eigenvalue weighted by molar-refractivity contribution is 7.23. The molecule has 95 heavy (non-hydrogen) atoms. The Labute approximate surface area is 561 Å². The molecule has 6 fully saturated rings. The molecule has 6 aliphatic rings. The molecular formula is C71H75FN20S3. The maximum absolute atomic E-state index is 14.5. The van der Waals surface area contributed by atoms with Crippen LogP contribution >= 0.6 is 34.0 Å². The van der Waals surface area contributed by atoms with Gasteiger partial charge in [0.1, 0.15) is 39.7 Å². The molecule has 6 saturated heterocycles. The van der Waals surface area contributed by atoms with Gasteiger partial charge in [0.05, 0.1) is 66.6 Å². The first-order chi connectivity index (χ1) is 46.2. The van der Waals surface area contributed by atoms with Crippen molar-refractivity contribution in [3.05, 3.63) is 115 Å². The summed E-state index contributed by atoms with van der Waals surface area (Å²) in [4.78, 5) is 40.2. The van der Waals surface area contributed by atoms with E-state index in [1.165, 1.54) is 102 Å². The van der Waals surface area contributed by atoms with Gasteiger partial charge in [0.15, 0.2) is 26.9 Å². The highest BCUT2D eigenvalue weighted by Crippen LogP contribution is 2.40. The average molecular weight is 1320 g/mol. The van der Waals surface area contributed by atoms with Crippen molar-refractivity contribution in [1.82, 2.24) is 74.8 Å². The van der Waals surface area contributed by atoms with Gasteiger partial charge in [0, 0.05) is 142 Å². The molecule has 18 rings (SSSR count). The van der Waals surface area contributed by atoms with Crippen LogP contribution in [-0.4, -0.2) is 134 Å². The minimum Gasteiger partial charge on any atom is -0.348 e. The fraction of sp³-hybridized carbons (Fsp3) is 0.423. The first kappa shape index (κ1) is 61.3. The van der Waals surface area contributed by atoms with E-state index in [4.69, 9.17) is 15.0 Å². The molecule has 20 nitrogen and oxygen atoms in total. The maximum atomic E-state index is 14.5. The number of aryl methyl sites for hydroxylation is 3. The number of hydrogen-bond acceptors (Lipinski definition) is 20. The van der Waals surface area contributed by atoms with Gasteiger partial charge < -0.3 is 35.1 Å². The van der Waals surface area contributed by atoms with Crippen LogP contribution < -0.4 is 30.7 Å². The zero-order valence-electron chi connectivity index (χ0n) is 54.2. The first-order valence-corrected chi connectivity index (χ1v) is 35.8. The summed E-state index contributed by atoms with van der Waals surface area (Å²) in [5.74, 6) is -0.323. The summed E-state index contributed by atoms with van der Waals surface area (Å²) in [6.07, 6.45) is 32.1. The van der Waals surface area contributed by atoms with Crippen molar-refractivity contribution in [3.63, 3.8) is 0 Å². The van der Waals surface area contributed by atoms with Gasteiger partial charge in [-0.1, -0.05) is 53.3 Å². The second-order valence-corrected chi connectivity index (χ2v) is 30.3. The van der Waals surface area contributed by atoms with Gasteiger partial charge in [-0.15, -0.1) is 0 Å². The van der Waals surface area contributed by atoms with Crippen LogP contribution in [0.3, 0.4) is 0 Å². The monoisotopic (exact) mass is 1320 g/mol. The van der Waals surface area contributed by atoms with Gasteiger partial charge in [0.2, 0.25) is 0 Å². The fourth-order valence-corrected chi connectivity index (χ4v) is 18.8. The number of imidazole rings is 1. The molecule has 0 aliphatic carbocycles. The summed E-state index contributed by atoms with van der Waals surface area (Å²) in [5.41, 5.74) is 11.6. The summed E-state index contributed by atoms with van der Waals surface area (Å²) >= 11 is 5.14. The lowest BCUT2D eigenvalue weighted by Gasteiger charge is -2.43. The number of anilines is 3. The number of piperidine rings is 6. The molecule has 2 aromatic carbocycles. The molecule has 6 atom stereocenters. The Morgan fingerprint density at radius 1 is 0.484 bits per heavy atom. The Kier molecular flexibility index (Phi) is 16.2. The van der Waals surface area contributed by atoms with Crippen LogP contribution in [0.4, 0.5) is 19.8 Å². The van der Waals surface area contributed by atoms with Crippen LogP contribution in [0.1, 0.15) is 113 Å². The topological polar surface area (TPSA) is 224 Å². The fourth-order valence-electron chi connectivity index (χ4n) is 15.8. The number of nitrogens with zero attached hydrogens (tertiary/aromatic N) is 17. The van der Waals surface area contributed by atoms with Crippen molar-refractivity contribution in [2.24, 2.45) is 14.1 Å². The van der Waals surface area contributed by atoms with E-state index >= 15 is 0 Å². The lowest BCUT2D eigenvalue weighted by molar-refractivity contribution is 0.219. The van der Waals surface area contributed by atoms with Crippen LogP contribution in [0.25, 0.3) is 91.9 Å². The Morgan fingerprint density at radius 2 is 0.874 bits per heavy atom. The Morgan fingerprint density at radius 3 is 1.31 bits per heavy atom. The van der Waals surface area contributed by atoms with Gasteiger partial charge in [0.25, 0.3) is 0 Å². The molecule has 0 saturated carbocycles. The molecule has 24 heteroatoms. The number of fused-ring (bicyclic) bond motifs is 12. The molecule has 6 unspecified atom stereocenters. The van der Waals surface area contributed by atoms with Gasteiger partial charge in [-0.2, -0.15) is 20.7 Å². The highest BCUT2D eigenvalue weighted by atomic mass is 32.1. The molecule has 0 radical (unpaired) electrons. The van der Waals surface area contributed by atoms with E-state index in [0.29, 0.717) is 76.7 Å². The smallest absolute Gasteiger partial charge is 0.186 e. The number of nitrogens with one attached hydrogen (secondary N) is 3. The Hall–Kier alpha value is -8.62. The van der Waals surface area contributed by atoms with Crippen LogP contribution in [0.15, 0.2) is 91.9 Å². The minimum atomic E-state index is -0.323. The number of halogens is 1. The minimum absolute atomic E-state index is 0.323. The number of benzene rings is 2. The van der Waals surface area contributed by atoms with E-state index in [2.05, 4.69) is 112 Å². The second-order valence-electron chi connectivity index (χ2n) is 27.2. The molecule has 16 heterocycles. The molecule has 6 aliphatic heterocycles. The van der Waals surface area contributed by atoms with E-state index in [1.807, 2.05) is 79.8 Å². The van der Waals surface area contributed by atoms with Crippen molar-refractivity contribution >= 4 is 108 Å². The lowest BCUT2D eigenvalue weighted by Crippen LogP contribution is -2.54. The van der Waals surface area contributed by atoms with Crippen molar-refractivity contribution in [2.75, 3.05) is 35.8 Å². The lowest BCUT2D eigenvalue weighted by atomic mass is 9.83. The highest BCUT2D eigenvalue weighted by Gasteiger charge is 2.37. The standard InChI is InChI=1S/2C24H25N7S.C23H25FN6S/c1-30-13-16-7-14(6-15(11-25)23(16)29-30)20-10-22-21(12-26-20)28-24(32-22)31(2)19-8-17-4-3-5-18(9-19)27-17;1-14-12-31-13-16(6-15(10-25)23(31)27-14)20-9-22-21(11-26-20)29-24(32-22)30(2)19-7-17-4-3-5-18(8-19)28-17;1-29-12-14-6-13(7-18(24)22(14)28-29)19-10-21-20(11-25-19)27-23(31-21)30(2)17-8-15-4-3-5-16(9-17)26-15/h6-7,10,12-13,17-19,27H,3-5,8-9H2,1-2H3;6,9,11-13,17-19,28H,3-5,7-8H2,1-2H3;6-7,10-12,15-17,26H,3-5,8-9H2,1-2H3. The molecular weight excluding hydrogens is 1250 g/mol. The maximum Gasteiger partial charge on any atom is 0.186 e. The third-order valence-electron chi connectivity index (χ3n) is 20.6. The van der Waals surface area contributed by atoms with Gasteiger partial charge >= 0.3 is 0 Å². The predicted molar refractivity (Wildman–Crippen MR) is 378 cm³/mol. The number of hydrogen-bond donors (Lipinski definition) is 3. The third-order valence-corrected chi connectivity index (χ3v) is 23.9. The summed E-state index contributed by atoms with van der Waals surface area (Å²) in [5, 5.41) is 44.0. The van der Waals surface area contributed by atoms with E-state index in [-0.39, 0.29) is 5.82 Å². The zero-order valence-corrected chi connectivity index (χ0v) is 56.6. The summed E-state index contributed by atoms with van der Waals surface area (Å²) in [7, 11) is 10.2. The summed E-state index contributed by atoms with van der Waals surface area (Å²) in [6.45, 7) is 1.93. The Bertz CT molecular complexity index is 4740. The average Bonchev–Trinajstić information content (AvgIpc) is 1.68. The molecule has 484 valence electrons.